The van der Waals surface area contributed by atoms with Crippen molar-refractivity contribution < 1.29 is 9.59 Å². The smallest absolute Gasteiger partial charge is 0.254 e. The summed E-state index contributed by atoms with van der Waals surface area (Å²) >= 11 is 0. The monoisotopic (exact) mass is 280 g/mol. The van der Waals surface area contributed by atoms with Gasteiger partial charge in [0.15, 0.2) is 0 Å². The molecule has 106 valence electrons. The Morgan fingerprint density at radius 2 is 1.81 bits per heavy atom. The lowest BCUT2D eigenvalue weighted by molar-refractivity contribution is 0.0725. The molecule has 2 aromatic carbocycles. The van der Waals surface area contributed by atoms with Crippen molar-refractivity contribution in [2.24, 2.45) is 5.73 Å². The van der Waals surface area contributed by atoms with Crippen LogP contribution in [0, 0.1) is 0 Å². The molecule has 0 fully saturated rings. The second-order valence-electron chi connectivity index (χ2n) is 5.16. The van der Waals surface area contributed by atoms with Crippen LogP contribution in [0.5, 0.6) is 0 Å². The van der Waals surface area contributed by atoms with Gasteiger partial charge in [-0.25, -0.2) is 0 Å². The minimum Gasteiger partial charge on any atom is -0.366 e. The number of rotatable bonds is 3. The number of carbonyl (C=O) groups is 2. The SMILES string of the molecule is NC(=O)c1ccccc1CN1CCc2ccccc2C1=O. The van der Waals surface area contributed by atoms with E-state index in [1.807, 2.05) is 36.4 Å². The normalized spacial score (nSPS) is 13.9. The van der Waals surface area contributed by atoms with E-state index in [0.717, 1.165) is 23.1 Å². The third-order valence-electron chi connectivity index (χ3n) is 3.83. The Labute approximate surface area is 123 Å². The number of hydrogen-bond donors (Lipinski definition) is 1. The predicted octanol–water partition coefficient (Wildman–Crippen LogP) is 1.98. The first-order valence-electron chi connectivity index (χ1n) is 6.91. The van der Waals surface area contributed by atoms with Crippen molar-refractivity contribution in [3.8, 4) is 0 Å². The standard InChI is InChI=1S/C17H16N2O2/c18-16(20)14-7-3-2-6-13(14)11-19-10-9-12-5-1-4-8-15(12)17(19)21/h1-8H,9-11H2,(H2,18,20). The Kier molecular flexibility index (Phi) is 3.44. The molecular weight excluding hydrogens is 264 g/mol. The quantitative estimate of drug-likeness (QED) is 0.934. The summed E-state index contributed by atoms with van der Waals surface area (Å²) in [5.74, 6) is -0.452. The first-order chi connectivity index (χ1) is 10.2. The van der Waals surface area contributed by atoms with E-state index in [4.69, 9.17) is 5.73 Å². The lowest BCUT2D eigenvalue weighted by atomic mass is 9.98. The van der Waals surface area contributed by atoms with Gasteiger partial charge in [0.25, 0.3) is 5.91 Å². The maximum atomic E-state index is 12.5. The maximum absolute atomic E-state index is 12.5. The van der Waals surface area contributed by atoms with Crippen LogP contribution in [0.15, 0.2) is 48.5 Å². The molecule has 0 spiro atoms. The summed E-state index contributed by atoms with van der Waals surface area (Å²) in [6, 6.07) is 14.8. The lowest BCUT2D eigenvalue weighted by Gasteiger charge is -2.29. The predicted molar refractivity (Wildman–Crippen MR) is 79.8 cm³/mol. The zero-order valence-electron chi connectivity index (χ0n) is 11.6. The molecule has 0 saturated carbocycles. The summed E-state index contributed by atoms with van der Waals surface area (Å²) in [6.45, 7) is 1.06. The number of nitrogens with zero attached hydrogens (tertiary/aromatic N) is 1. The van der Waals surface area contributed by atoms with E-state index in [0.29, 0.717) is 18.7 Å². The molecule has 0 radical (unpaired) electrons. The van der Waals surface area contributed by atoms with E-state index >= 15 is 0 Å². The number of benzene rings is 2. The van der Waals surface area contributed by atoms with E-state index in [2.05, 4.69) is 0 Å². The van der Waals surface area contributed by atoms with Crippen LogP contribution >= 0.6 is 0 Å². The molecule has 1 heterocycles. The fourth-order valence-corrected chi connectivity index (χ4v) is 2.73. The Balaban J connectivity index is 1.88. The van der Waals surface area contributed by atoms with Crippen molar-refractivity contribution in [1.82, 2.24) is 4.90 Å². The van der Waals surface area contributed by atoms with Crippen LogP contribution in [0.1, 0.15) is 31.8 Å². The largest absolute Gasteiger partial charge is 0.366 e. The number of hydrogen-bond acceptors (Lipinski definition) is 2. The summed E-state index contributed by atoms with van der Waals surface area (Å²) in [7, 11) is 0. The molecule has 2 aromatic rings. The van der Waals surface area contributed by atoms with E-state index < -0.39 is 5.91 Å². The van der Waals surface area contributed by atoms with Crippen LogP contribution in [-0.4, -0.2) is 23.3 Å². The third-order valence-corrected chi connectivity index (χ3v) is 3.83. The van der Waals surface area contributed by atoms with Gasteiger partial charge >= 0.3 is 0 Å². The van der Waals surface area contributed by atoms with Crippen molar-refractivity contribution in [3.05, 3.63) is 70.8 Å². The first-order valence-corrected chi connectivity index (χ1v) is 6.91. The van der Waals surface area contributed by atoms with Crippen LogP contribution in [0.2, 0.25) is 0 Å². The molecule has 0 aromatic heterocycles. The molecule has 2 amide bonds. The van der Waals surface area contributed by atoms with Gasteiger partial charge in [-0.3, -0.25) is 9.59 Å². The minimum atomic E-state index is -0.463. The number of carbonyl (C=O) groups excluding carboxylic acids is 2. The zero-order valence-corrected chi connectivity index (χ0v) is 11.6. The van der Waals surface area contributed by atoms with Gasteiger partial charge in [-0.2, -0.15) is 0 Å². The van der Waals surface area contributed by atoms with Crippen molar-refractivity contribution in [1.29, 1.82) is 0 Å². The van der Waals surface area contributed by atoms with Crippen LogP contribution < -0.4 is 5.73 Å². The van der Waals surface area contributed by atoms with Gasteiger partial charge in [0, 0.05) is 24.2 Å². The van der Waals surface area contributed by atoms with Gasteiger partial charge in [-0.1, -0.05) is 36.4 Å². The summed E-state index contributed by atoms with van der Waals surface area (Å²) in [6.07, 6.45) is 0.834. The molecule has 2 N–H and O–H groups in total. The molecule has 4 heteroatoms. The Bertz CT molecular complexity index is 709. The van der Waals surface area contributed by atoms with Gasteiger partial charge in [0.05, 0.1) is 0 Å². The summed E-state index contributed by atoms with van der Waals surface area (Å²) in [4.78, 5) is 25.7. The van der Waals surface area contributed by atoms with Gasteiger partial charge in [-0.15, -0.1) is 0 Å². The van der Waals surface area contributed by atoms with Gasteiger partial charge in [-0.05, 0) is 29.7 Å². The highest BCUT2D eigenvalue weighted by molar-refractivity contribution is 5.97. The second kappa shape index (κ2) is 5.40. The number of fused-ring (bicyclic) bond motifs is 1. The lowest BCUT2D eigenvalue weighted by Crippen LogP contribution is -2.37. The highest BCUT2D eigenvalue weighted by atomic mass is 16.2. The molecule has 0 bridgehead atoms. The maximum Gasteiger partial charge on any atom is 0.254 e. The van der Waals surface area contributed by atoms with Crippen LogP contribution in [0.25, 0.3) is 0 Å². The summed E-state index contributed by atoms with van der Waals surface area (Å²) in [5, 5.41) is 0. The topological polar surface area (TPSA) is 63.4 Å². The molecule has 0 saturated heterocycles. The molecular formula is C17H16N2O2. The van der Waals surface area contributed by atoms with E-state index in [9.17, 15) is 9.59 Å². The highest BCUT2D eigenvalue weighted by Crippen LogP contribution is 2.21. The molecule has 1 aliphatic rings. The van der Waals surface area contributed by atoms with Gasteiger partial charge < -0.3 is 10.6 Å². The highest BCUT2D eigenvalue weighted by Gasteiger charge is 2.24. The molecule has 4 nitrogen and oxygen atoms in total. The summed E-state index contributed by atoms with van der Waals surface area (Å²) in [5.41, 5.74) is 8.49. The Morgan fingerprint density at radius 3 is 2.62 bits per heavy atom. The van der Waals surface area contributed by atoms with Crippen molar-refractivity contribution in [2.45, 2.75) is 13.0 Å². The molecule has 0 unspecified atom stereocenters. The van der Waals surface area contributed by atoms with E-state index in [1.54, 1.807) is 17.0 Å². The molecule has 3 rings (SSSR count). The Hall–Kier alpha value is -2.62. The zero-order chi connectivity index (χ0) is 14.8. The first kappa shape index (κ1) is 13.4. The molecule has 21 heavy (non-hydrogen) atoms. The molecule has 0 aliphatic carbocycles. The van der Waals surface area contributed by atoms with Gasteiger partial charge in [0.1, 0.15) is 0 Å². The van der Waals surface area contributed by atoms with Crippen LogP contribution in [0.3, 0.4) is 0 Å². The Morgan fingerprint density at radius 1 is 1.10 bits per heavy atom. The summed E-state index contributed by atoms with van der Waals surface area (Å²) < 4.78 is 0. The third kappa shape index (κ3) is 2.52. The van der Waals surface area contributed by atoms with Crippen LogP contribution in [-0.2, 0) is 13.0 Å². The molecule has 1 aliphatic heterocycles. The van der Waals surface area contributed by atoms with Crippen LogP contribution in [0.4, 0.5) is 0 Å². The average Bonchev–Trinajstić information content (AvgIpc) is 2.51. The van der Waals surface area contributed by atoms with Crippen molar-refractivity contribution in [2.75, 3.05) is 6.54 Å². The molecule has 0 atom stereocenters. The number of primary amides is 1. The van der Waals surface area contributed by atoms with Crippen molar-refractivity contribution >= 4 is 11.8 Å². The second-order valence-corrected chi connectivity index (χ2v) is 5.16. The van der Waals surface area contributed by atoms with Crippen molar-refractivity contribution in [3.63, 3.8) is 0 Å². The van der Waals surface area contributed by atoms with Gasteiger partial charge in [0.2, 0.25) is 5.91 Å². The average molecular weight is 280 g/mol. The fourth-order valence-electron chi connectivity index (χ4n) is 2.73. The van der Waals surface area contributed by atoms with E-state index in [-0.39, 0.29) is 5.91 Å². The fraction of sp³-hybridized carbons (Fsp3) is 0.176. The number of nitrogens with two attached hydrogens (primary N) is 1. The van der Waals surface area contributed by atoms with E-state index in [1.165, 1.54) is 0 Å². The minimum absolute atomic E-state index is 0.0103. The number of amides is 2.